The molecule has 696 valence electrons. The molecule has 0 spiro atoms. The van der Waals surface area contributed by atoms with Crippen molar-refractivity contribution in [3.63, 3.8) is 0 Å². The number of H-pyrrole nitrogens is 1. The number of benzene rings is 6. The Labute approximate surface area is 761 Å². The minimum atomic E-state index is -1.59. The number of nitrogens with one attached hydrogen (secondary N) is 7. The lowest BCUT2D eigenvalue weighted by atomic mass is 9.84. The van der Waals surface area contributed by atoms with E-state index in [1.54, 1.807) is 135 Å². The maximum absolute atomic E-state index is 15.6. The van der Waals surface area contributed by atoms with Gasteiger partial charge in [0.15, 0.2) is 11.6 Å². The number of Topliss-reactive ketones (excluding diaryl/α,β-unsaturated/α-hetero) is 3. The first-order chi connectivity index (χ1) is 62.2. The van der Waals surface area contributed by atoms with Crippen LogP contribution in [0.3, 0.4) is 0 Å². The maximum Gasteiger partial charge on any atom is 0.293 e. The summed E-state index contributed by atoms with van der Waals surface area (Å²) in [5.41, 5.74) is 15.3. The van der Waals surface area contributed by atoms with Crippen LogP contribution < -0.4 is 43.4 Å². The van der Waals surface area contributed by atoms with E-state index in [0.717, 1.165) is 26.5 Å². The third kappa shape index (κ3) is 31.1. The fraction of sp³-hybridized carbons (Fsp3) is 0.438. The number of aromatic nitrogens is 1. The van der Waals surface area contributed by atoms with E-state index in [9.17, 15) is 43.8 Å². The number of fused-ring (bicyclic) bond motifs is 1. The fourth-order valence-corrected chi connectivity index (χ4v) is 16.5. The minimum Gasteiger partial charge on any atom is -0.508 e. The Balaban J connectivity index is 1.21. The number of thioether (sulfide) groups is 1. The van der Waals surface area contributed by atoms with E-state index >= 15 is 43.2 Å². The first-order valence-corrected chi connectivity index (χ1v) is 44.8. The van der Waals surface area contributed by atoms with Gasteiger partial charge >= 0.3 is 0 Å². The second kappa shape index (κ2) is 51.2. The van der Waals surface area contributed by atoms with Gasteiger partial charge in [-0.25, -0.2) is 0 Å². The average Bonchev–Trinajstić information content (AvgIpc) is 1.15. The van der Waals surface area contributed by atoms with Crippen molar-refractivity contribution in [2.24, 2.45) is 29.2 Å². The highest BCUT2D eigenvalue weighted by Gasteiger charge is 2.42. The van der Waals surface area contributed by atoms with Gasteiger partial charge in [-0.05, 0) is 102 Å². The minimum absolute atomic E-state index is 0.0831. The molecule has 7 aromatic rings. The number of ether oxygens (including phenoxy) is 1. The van der Waals surface area contributed by atoms with Crippen LogP contribution in [-0.2, 0) is 120 Å². The van der Waals surface area contributed by atoms with Crippen molar-refractivity contribution in [1.29, 1.82) is 0 Å². The number of nitrogens with zero attached hydrogens (tertiary/aromatic N) is 5. The normalized spacial score (nSPS) is 21.9. The Hall–Kier alpha value is -13.1. The molecule has 6 aromatic carbocycles. The summed E-state index contributed by atoms with van der Waals surface area (Å²) in [5.74, 6) is -16.1. The van der Waals surface area contributed by atoms with Gasteiger partial charge in [0.1, 0.15) is 72.2 Å². The highest BCUT2D eigenvalue weighted by Crippen LogP contribution is 2.28. The van der Waals surface area contributed by atoms with Crippen molar-refractivity contribution in [1.82, 2.24) is 61.4 Å². The molecule has 130 heavy (non-hydrogen) atoms. The second-order valence-electron chi connectivity index (χ2n) is 33.4. The lowest BCUT2D eigenvalue weighted by Gasteiger charge is -2.37. The number of phenols is 2. The summed E-state index contributed by atoms with van der Waals surface area (Å²) in [4.78, 5) is 244. The fourth-order valence-electron chi connectivity index (χ4n) is 15.6. The zero-order valence-corrected chi connectivity index (χ0v) is 75.7. The molecule has 8 rings (SSSR count). The van der Waals surface area contributed by atoms with Gasteiger partial charge in [0.2, 0.25) is 70.9 Å². The second-order valence-corrected chi connectivity index (χ2v) is 34.4. The van der Waals surface area contributed by atoms with Gasteiger partial charge in [-0.15, -0.1) is 11.8 Å². The maximum atomic E-state index is 15.6. The Kier molecular flexibility index (Phi) is 40.3. The van der Waals surface area contributed by atoms with Crippen molar-refractivity contribution >= 4 is 117 Å². The molecule has 34 heteroatoms. The van der Waals surface area contributed by atoms with Gasteiger partial charge in [0.05, 0.1) is 30.8 Å². The number of ketones is 3. The van der Waals surface area contributed by atoms with E-state index in [4.69, 9.17) is 16.2 Å². The number of likely N-dealkylation sites (N-methyl/N-ethyl adjacent to an activating group) is 5. The average molecular weight is 1810 g/mol. The Morgan fingerprint density at radius 1 is 0.492 bits per heavy atom. The molecule has 0 radical (unpaired) electrons. The largest absolute Gasteiger partial charge is 0.508 e. The summed E-state index contributed by atoms with van der Waals surface area (Å²) < 4.78 is 5.16. The van der Waals surface area contributed by atoms with E-state index in [2.05, 4.69) is 36.9 Å². The molecule has 2 heterocycles. The third-order valence-electron chi connectivity index (χ3n) is 23.2. The molecule has 1 fully saturated rings. The van der Waals surface area contributed by atoms with Crippen LogP contribution >= 0.6 is 11.8 Å². The summed E-state index contributed by atoms with van der Waals surface area (Å²) in [5, 5.41) is 38.2. The Bertz CT molecular complexity index is 5030. The third-order valence-corrected chi connectivity index (χ3v) is 24.2. The highest BCUT2D eigenvalue weighted by molar-refractivity contribution is 8.00. The van der Waals surface area contributed by atoms with Crippen LogP contribution in [-0.4, -0.2) is 262 Å². The zero-order valence-electron chi connectivity index (χ0n) is 74.9. The molecule has 0 aliphatic carbocycles. The monoisotopic (exact) mass is 1810 g/mol. The van der Waals surface area contributed by atoms with Crippen molar-refractivity contribution in [2.75, 3.05) is 73.0 Å². The summed E-state index contributed by atoms with van der Waals surface area (Å²) in [7, 11) is 6.80. The first kappa shape index (κ1) is 102. The van der Waals surface area contributed by atoms with Crippen molar-refractivity contribution < 1.29 is 91.7 Å². The number of rotatable bonds is 27. The molecule has 1 saturated heterocycles. The van der Waals surface area contributed by atoms with Gasteiger partial charge in [-0.1, -0.05) is 167 Å². The van der Waals surface area contributed by atoms with E-state index < -0.39 is 211 Å². The molecule has 1 aliphatic rings. The lowest BCUT2D eigenvalue weighted by molar-refractivity contribution is -0.151. The molecule has 1 aromatic heterocycles. The summed E-state index contributed by atoms with van der Waals surface area (Å²) in [6.45, 7) is 3.49. The van der Waals surface area contributed by atoms with Crippen LogP contribution in [0.2, 0.25) is 0 Å². The number of amides is 12. The number of unbranched alkanes of at least 4 members (excludes halogenated alkanes) is 2. The number of phenolic OH excluding ortho intramolecular Hbond substituents is 2. The van der Waals surface area contributed by atoms with Crippen LogP contribution in [0.5, 0.6) is 11.5 Å². The first-order valence-electron chi connectivity index (χ1n) is 43.7. The van der Waals surface area contributed by atoms with Crippen molar-refractivity contribution in [3.05, 3.63) is 203 Å². The summed E-state index contributed by atoms with van der Waals surface area (Å²) in [6, 6.07) is 31.6. The molecule has 0 saturated carbocycles. The molecule has 0 unspecified atom stereocenters. The van der Waals surface area contributed by atoms with Crippen LogP contribution in [0.25, 0.3) is 10.9 Å². The number of carbonyl (C=O) groups excluding carboxylic acids is 16. The number of aromatic amines is 1. The summed E-state index contributed by atoms with van der Waals surface area (Å²) in [6.07, 6.45) is -0.0359. The van der Waals surface area contributed by atoms with Crippen molar-refractivity contribution in [2.45, 2.75) is 178 Å². The van der Waals surface area contributed by atoms with E-state index in [1.165, 1.54) is 93.6 Å². The van der Waals surface area contributed by atoms with Gasteiger partial charge in [-0.2, -0.15) is 0 Å². The molecular formula is C96H122N14O19S. The number of hydrogen-bond acceptors (Lipinski definition) is 21. The predicted molar refractivity (Wildman–Crippen MR) is 489 cm³/mol. The standard InChI is InChI=1S/C96H122N14O19S/c1-9-10-33-80-95(127)106(4)54-70(114)50-67(56-129-59-111)84(116)52-72(60(2)3)92(124)109(7)81(48-62-26-16-12-17-27-62)91(123)104-77(47-65-36-40-69(113)41-37-65)93(125)107(5)55-86(118)100-76(51-66-53-99-73-31-21-20-30-71(66)73)90(122)103-75(45-64-34-38-68(112)39-35-64)89(121)102-74(32-22-23-44-97)88(120)105-79(83(115)42-43-85(98)117)57-130-58-87(119)101-78(46-61-24-14-11-15-25-61)94(126)110(8)82(96(128)108(80)6)49-63-28-18-13-19-29-63/h11-21,24-31,34-41,53,59-60,67,72,74-82,99,112-113H,9-10,22-23,32-33,42-52,54-58,97H2,1-8H3,(H2,98,117)(H,100,118)(H,101,119)(H,102,121)(H,103,122)(H,104,123)(H,105,120)/t67-,72-,74-,75-,76-,77-,78-,79-,80-,81-,82-/m0/s1. The molecular weight excluding hydrogens is 1690 g/mol. The van der Waals surface area contributed by atoms with Crippen LogP contribution in [0, 0.1) is 17.8 Å². The van der Waals surface area contributed by atoms with Gasteiger partial charge < -0.3 is 87.8 Å². The summed E-state index contributed by atoms with van der Waals surface area (Å²) >= 11 is 0.873. The molecule has 0 bridgehead atoms. The molecule has 13 N–H and O–H groups in total. The lowest BCUT2D eigenvalue weighted by Crippen LogP contribution is -2.59. The Morgan fingerprint density at radius 3 is 1.55 bits per heavy atom. The quantitative estimate of drug-likeness (QED) is 0.0249. The number of para-hydroxylation sites is 1. The van der Waals surface area contributed by atoms with Crippen LogP contribution in [0.15, 0.2) is 170 Å². The SMILES string of the molecule is CCCC[C@H]1C(=O)N(C)CC(=O)C[C@@H](COC=O)C(=O)C[C@@H](C(C)C)C(=O)N(C)[C@@H](Cc2ccccc2)C(=O)N[C@@H](Cc2ccc(O)cc2)C(=O)N(C)CC(=O)N[C@@H](Cc2c[nH]c3ccccc23)C(=O)N[C@@H](Cc2ccc(O)cc2)C(=O)N[C@@H](CCCCN)C(=O)N[C@H](C(=O)CCC(N)=O)CSCC(=O)N[C@@H](Cc2ccccc2)C(=O)N(C)[C@@H](Cc2ccccc2)C(=O)N1C. The topological polar surface area (TPSA) is 479 Å². The number of primary amides is 1. The van der Waals surface area contributed by atoms with Crippen LogP contribution in [0.1, 0.15) is 118 Å². The number of nitrogens with two attached hydrogens (primary N) is 2. The Morgan fingerprint density at radius 2 is 0.985 bits per heavy atom. The van der Waals surface area contributed by atoms with Crippen molar-refractivity contribution in [3.8, 4) is 11.5 Å². The molecule has 1 aliphatic heterocycles. The van der Waals surface area contributed by atoms with E-state index in [1.807, 2.05) is 6.92 Å². The van der Waals surface area contributed by atoms with Gasteiger partial charge in [0.25, 0.3) is 6.47 Å². The van der Waals surface area contributed by atoms with Crippen LogP contribution in [0.4, 0.5) is 0 Å². The molecule has 33 nitrogen and oxygen atoms in total. The zero-order chi connectivity index (χ0) is 94.7. The highest BCUT2D eigenvalue weighted by atomic mass is 32.2. The van der Waals surface area contributed by atoms with E-state index in [-0.39, 0.29) is 88.1 Å². The number of carbonyl (C=O) groups is 16. The predicted octanol–water partition coefficient (Wildman–Crippen LogP) is 4.52. The number of hydrogen-bond donors (Lipinski definition) is 11. The molecule has 11 atom stereocenters. The number of aromatic hydroxyl groups is 2. The van der Waals surface area contributed by atoms with E-state index in [0.29, 0.717) is 63.5 Å². The molecule has 12 amide bonds. The van der Waals surface area contributed by atoms with Gasteiger partial charge in [-0.3, -0.25) is 76.7 Å². The smallest absolute Gasteiger partial charge is 0.293 e. The van der Waals surface area contributed by atoms with Gasteiger partial charge in [0, 0.05) is 128 Å².